The Morgan fingerprint density at radius 3 is 2.55 bits per heavy atom. The van der Waals surface area contributed by atoms with E-state index in [1.54, 1.807) is 30.5 Å². The highest BCUT2D eigenvalue weighted by Gasteiger charge is 2.10. The molecular formula is C27H29N3O2S. The van der Waals surface area contributed by atoms with Crippen LogP contribution in [0.15, 0.2) is 60.1 Å². The van der Waals surface area contributed by atoms with Crippen molar-refractivity contribution in [3.63, 3.8) is 0 Å². The van der Waals surface area contributed by atoms with E-state index in [9.17, 15) is 10.1 Å². The molecule has 0 amide bonds. The molecule has 2 aromatic carbocycles. The van der Waals surface area contributed by atoms with E-state index in [2.05, 4.69) is 61.4 Å². The molecule has 5 nitrogen and oxygen atoms in total. The van der Waals surface area contributed by atoms with Gasteiger partial charge < -0.3 is 10.1 Å². The number of benzene rings is 2. The summed E-state index contributed by atoms with van der Waals surface area (Å²) in [7, 11) is 0. The number of allylic oxidation sites excluding steroid dienone is 1. The average molecular weight is 460 g/mol. The number of ether oxygens (including phenoxy) is 1. The van der Waals surface area contributed by atoms with Crippen LogP contribution in [0.3, 0.4) is 0 Å². The summed E-state index contributed by atoms with van der Waals surface area (Å²) in [4.78, 5) is 16.7. The third-order valence-electron chi connectivity index (χ3n) is 4.98. The normalized spacial score (nSPS) is 11.3. The number of nitrogens with zero attached hydrogens (tertiary/aromatic N) is 2. The summed E-state index contributed by atoms with van der Waals surface area (Å²) in [5.41, 5.74) is 4.93. The highest BCUT2D eigenvalue weighted by molar-refractivity contribution is 7.11. The van der Waals surface area contributed by atoms with Crippen molar-refractivity contribution < 1.29 is 9.53 Å². The Bertz CT molecular complexity index is 1120. The van der Waals surface area contributed by atoms with Gasteiger partial charge in [-0.3, -0.25) is 0 Å². The van der Waals surface area contributed by atoms with Crippen LogP contribution in [0.4, 0.5) is 5.69 Å². The van der Waals surface area contributed by atoms with Crippen LogP contribution in [0.2, 0.25) is 0 Å². The number of nitrogens with one attached hydrogen (secondary N) is 1. The summed E-state index contributed by atoms with van der Waals surface area (Å²) in [6, 6.07) is 17.6. The van der Waals surface area contributed by atoms with Gasteiger partial charge in [-0.25, -0.2) is 9.78 Å². The first kappa shape index (κ1) is 24.2. The molecule has 0 aliphatic carbocycles. The fraction of sp³-hybridized carbons (Fsp3) is 0.296. The predicted octanol–water partition coefficient (Wildman–Crippen LogP) is 6.94. The Balaban J connectivity index is 1.65. The molecule has 3 aromatic rings. The molecule has 3 rings (SSSR count). The molecule has 1 heterocycles. The molecule has 0 bridgehead atoms. The Labute approximate surface area is 199 Å². The van der Waals surface area contributed by atoms with E-state index in [1.807, 2.05) is 5.38 Å². The van der Waals surface area contributed by atoms with Crippen LogP contribution in [0.25, 0.3) is 16.8 Å². The van der Waals surface area contributed by atoms with E-state index in [1.165, 1.54) is 16.9 Å². The second-order valence-corrected chi connectivity index (χ2v) is 9.07. The van der Waals surface area contributed by atoms with Crippen LogP contribution >= 0.6 is 11.3 Å². The molecule has 0 atom stereocenters. The molecule has 1 N–H and O–H groups in total. The van der Waals surface area contributed by atoms with Gasteiger partial charge in [0, 0.05) is 22.8 Å². The number of anilines is 1. The van der Waals surface area contributed by atoms with Gasteiger partial charge in [0.1, 0.15) is 16.6 Å². The van der Waals surface area contributed by atoms with Gasteiger partial charge in [0.25, 0.3) is 0 Å². The smallest absolute Gasteiger partial charge is 0.338 e. The molecule has 0 saturated carbocycles. The van der Waals surface area contributed by atoms with Gasteiger partial charge in [-0.1, -0.05) is 51.5 Å². The quantitative estimate of drug-likeness (QED) is 0.202. The second-order valence-electron chi connectivity index (χ2n) is 8.21. The number of unbranched alkanes of at least 4 members (excludes halogenated alkanes) is 1. The van der Waals surface area contributed by atoms with Gasteiger partial charge >= 0.3 is 5.97 Å². The molecule has 0 fully saturated rings. The summed E-state index contributed by atoms with van der Waals surface area (Å²) in [5, 5.41) is 15.4. The highest BCUT2D eigenvalue weighted by atomic mass is 32.1. The van der Waals surface area contributed by atoms with Crippen molar-refractivity contribution in [3.05, 3.63) is 76.2 Å². The minimum absolute atomic E-state index is 0.323. The van der Waals surface area contributed by atoms with E-state index in [-0.39, 0.29) is 5.97 Å². The van der Waals surface area contributed by atoms with Crippen molar-refractivity contribution in [1.82, 2.24) is 4.98 Å². The number of nitriles is 1. The van der Waals surface area contributed by atoms with Crippen LogP contribution in [0.1, 0.15) is 54.5 Å². The van der Waals surface area contributed by atoms with Crippen molar-refractivity contribution in [1.29, 1.82) is 5.26 Å². The maximum Gasteiger partial charge on any atom is 0.338 e. The van der Waals surface area contributed by atoms with Gasteiger partial charge in [0.15, 0.2) is 0 Å². The van der Waals surface area contributed by atoms with Gasteiger partial charge in [0.05, 0.1) is 17.9 Å². The summed E-state index contributed by atoms with van der Waals surface area (Å²) in [6.07, 6.45) is 4.53. The van der Waals surface area contributed by atoms with Crippen molar-refractivity contribution in [3.8, 4) is 17.3 Å². The first-order chi connectivity index (χ1) is 16.0. The van der Waals surface area contributed by atoms with Crippen molar-refractivity contribution in [2.45, 2.75) is 40.0 Å². The zero-order valence-corrected chi connectivity index (χ0v) is 20.1. The number of carbonyl (C=O) groups excluding carboxylic acids is 1. The third kappa shape index (κ3) is 7.03. The molecule has 170 valence electrons. The summed E-state index contributed by atoms with van der Waals surface area (Å²) < 4.78 is 5.22. The molecule has 0 aliphatic heterocycles. The van der Waals surface area contributed by atoms with Crippen LogP contribution in [-0.4, -0.2) is 17.6 Å². The Morgan fingerprint density at radius 2 is 1.91 bits per heavy atom. The largest absolute Gasteiger partial charge is 0.462 e. The van der Waals surface area contributed by atoms with Gasteiger partial charge in [-0.05, 0) is 48.6 Å². The molecule has 0 saturated heterocycles. The predicted molar refractivity (Wildman–Crippen MR) is 135 cm³/mol. The van der Waals surface area contributed by atoms with E-state index in [4.69, 9.17) is 4.74 Å². The van der Waals surface area contributed by atoms with E-state index in [0.29, 0.717) is 28.7 Å². The fourth-order valence-corrected chi connectivity index (χ4v) is 4.00. The minimum Gasteiger partial charge on any atom is -0.462 e. The molecular weight excluding hydrogens is 430 g/mol. The standard InChI is InChI=1S/C27H29N3O2S/c1-4-5-14-32-27(31)22-10-12-24(13-11-22)29-17-23(16-28)26-30-25(18-33-26)21-8-6-20(7-9-21)15-19(2)3/h6-13,17-19,29H,4-5,14-15H2,1-3H3/b23-17+. The Hall–Kier alpha value is -3.43. The SMILES string of the molecule is CCCCOC(=O)c1ccc(N/C=C(\C#N)c2nc(-c3ccc(CC(C)C)cc3)cs2)cc1. The Kier molecular flexibility index (Phi) is 8.79. The second kappa shape index (κ2) is 12.0. The van der Waals surface area contributed by atoms with Crippen LogP contribution in [0, 0.1) is 17.2 Å². The average Bonchev–Trinajstić information content (AvgIpc) is 3.30. The van der Waals surface area contributed by atoms with E-state index >= 15 is 0 Å². The monoisotopic (exact) mass is 459 g/mol. The van der Waals surface area contributed by atoms with Crippen LogP contribution < -0.4 is 5.32 Å². The lowest BCUT2D eigenvalue weighted by Crippen LogP contribution is -2.06. The molecule has 0 spiro atoms. The number of aromatic nitrogens is 1. The molecule has 0 radical (unpaired) electrons. The summed E-state index contributed by atoms with van der Waals surface area (Å²) in [6.45, 7) is 6.90. The molecule has 33 heavy (non-hydrogen) atoms. The van der Waals surface area contributed by atoms with Crippen molar-refractivity contribution in [2.75, 3.05) is 11.9 Å². The molecule has 0 unspecified atom stereocenters. The lowest BCUT2D eigenvalue weighted by atomic mass is 10.0. The maximum absolute atomic E-state index is 12.0. The lowest BCUT2D eigenvalue weighted by Gasteiger charge is -2.06. The van der Waals surface area contributed by atoms with Crippen LogP contribution in [-0.2, 0) is 11.2 Å². The first-order valence-corrected chi connectivity index (χ1v) is 12.1. The number of thiazole rings is 1. The van der Waals surface area contributed by atoms with Crippen molar-refractivity contribution >= 4 is 28.6 Å². The Morgan fingerprint density at radius 1 is 1.18 bits per heavy atom. The fourth-order valence-electron chi connectivity index (χ4n) is 3.21. The summed E-state index contributed by atoms with van der Waals surface area (Å²) in [5.74, 6) is 0.296. The topological polar surface area (TPSA) is 75.0 Å². The van der Waals surface area contributed by atoms with E-state index in [0.717, 1.165) is 36.2 Å². The van der Waals surface area contributed by atoms with Gasteiger partial charge in [0.2, 0.25) is 0 Å². The van der Waals surface area contributed by atoms with Gasteiger partial charge in [-0.2, -0.15) is 5.26 Å². The highest BCUT2D eigenvalue weighted by Crippen LogP contribution is 2.27. The number of hydrogen-bond acceptors (Lipinski definition) is 6. The molecule has 1 aromatic heterocycles. The zero-order chi connectivity index (χ0) is 23.6. The van der Waals surface area contributed by atoms with Crippen LogP contribution in [0.5, 0.6) is 0 Å². The first-order valence-electron chi connectivity index (χ1n) is 11.2. The number of hydrogen-bond donors (Lipinski definition) is 1. The third-order valence-corrected chi connectivity index (χ3v) is 5.86. The molecule has 6 heteroatoms. The zero-order valence-electron chi connectivity index (χ0n) is 19.3. The lowest BCUT2D eigenvalue weighted by molar-refractivity contribution is 0.0500. The molecule has 0 aliphatic rings. The van der Waals surface area contributed by atoms with Crippen molar-refractivity contribution in [2.24, 2.45) is 5.92 Å². The minimum atomic E-state index is -0.323. The number of esters is 1. The summed E-state index contributed by atoms with van der Waals surface area (Å²) >= 11 is 1.44. The maximum atomic E-state index is 12.0. The number of carbonyl (C=O) groups is 1. The van der Waals surface area contributed by atoms with Gasteiger partial charge in [-0.15, -0.1) is 11.3 Å². The van der Waals surface area contributed by atoms with E-state index < -0.39 is 0 Å². The number of rotatable bonds is 10.